The highest BCUT2D eigenvalue weighted by Gasteiger charge is 2.21. The Balaban J connectivity index is 2.76. The highest BCUT2D eigenvalue weighted by atomic mass is 35.5. The number of rotatable bonds is 4. The first kappa shape index (κ1) is 11.7. The molecule has 1 aromatic carbocycles. The van der Waals surface area contributed by atoms with Crippen LogP contribution < -0.4 is 0 Å². The molecular weight excluding hydrogens is 223 g/mol. The SMILES string of the molecule is O=C(O)CC(F)C(=O)c1ccc(Cl)cc1. The fourth-order valence-corrected chi connectivity index (χ4v) is 1.17. The summed E-state index contributed by atoms with van der Waals surface area (Å²) in [5.41, 5.74) is 0.119. The zero-order valence-corrected chi connectivity index (χ0v) is 8.37. The van der Waals surface area contributed by atoms with E-state index in [9.17, 15) is 14.0 Å². The van der Waals surface area contributed by atoms with Crippen molar-refractivity contribution in [3.63, 3.8) is 0 Å². The Kier molecular flexibility index (Phi) is 3.80. The molecule has 80 valence electrons. The van der Waals surface area contributed by atoms with E-state index in [4.69, 9.17) is 16.7 Å². The smallest absolute Gasteiger partial charge is 0.306 e. The Morgan fingerprint density at radius 3 is 2.33 bits per heavy atom. The molecule has 0 aliphatic rings. The third kappa shape index (κ3) is 3.32. The molecule has 1 aromatic rings. The first-order valence-electron chi connectivity index (χ1n) is 4.16. The van der Waals surface area contributed by atoms with Crippen LogP contribution in [0.2, 0.25) is 5.02 Å². The molecular formula is C10H8ClFO3. The molecule has 15 heavy (non-hydrogen) atoms. The van der Waals surface area contributed by atoms with E-state index in [0.29, 0.717) is 5.02 Å². The summed E-state index contributed by atoms with van der Waals surface area (Å²) in [7, 11) is 0. The normalized spacial score (nSPS) is 12.1. The number of ketones is 1. The molecule has 0 saturated heterocycles. The lowest BCUT2D eigenvalue weighted by Gasteiger charge is -2.04. The monoisotopic (exact) mass is 230 g/mol. The second kappa shape index (κ2) is 4.89. The minimum atomic E-state index is -2.01. The number of carboxylic acid groups (broad SMARTS) is 1. The van der Waals surface area contributed by atoms with Crippen molar-refractivity contribution in [3.05, 3.63) is 34.9 Å². The average molecular weight is 231 g/mol. The van der Waals surface area contributed by atoms with Crippen LogP contribution in [-0.4, -0.2) is 23.0 Å². The molecule has 0 bridgehead atoms. The Morgan fingerprint density at radius 1 is 1.33 bits per heavy atom. The third-order valence-corrected chi connectivity index (χ3v) is 2.02. The number of carbonyl (C=O) groups is 2. The quantitative estimate of drug-likeness (QED) is 0.808. The van der Waals surface area contributed by atoms with Gasteiger partial charge in [0, 0.05) is 10.6 Å². The largest absolute Gasteiger partial charge is 0.481 e. The van der Waals surface area contributed by atoms with Crippen molar-refractivity contribution in [1.82, 2.24) is 0 Å². The van der Waals surface area contributed by atoms with Crippen LogP contribution in [0.4, 0.5) is 4.39 Å². The summed E-state index contributed by atoms with van der Waals surface area (Å²) in [5.74, 6) is -2.18. The van der Waals surface area contributed by atoms with Crippen LogP contribution in [0, 0.1) is 0 Å². The molecule has 0 amide bonds. The van der Waals surface area contributed by atoms with Gasteiger partial charge in [-0.05, 0) is 24.3 Å². The molecule has 0 aliphatic heterocycles. The van der Waals surface area contributed by atoms with Gasteiger partial charge in [0.15, 0.2) is 12.0 Å². The van der Waals surface area contributed by atoms with Crippen molar-refractivity contribution in [2.24, 2.45) is 0 Å². The van der Waals surface area contributed by atoms with E-state index in [1.54, 1.807) is 0 Å². The topological polar surface area (TPSA) is 54.4 Å². The minimum Gasteiger partial charge on any atom is -0.481 e. The Hall–Kier alpha value is -1.42. The molecule has 0 fully saturated rings. The summed E-state index contributed by atoms with van der Waals surface area (Å²) in [5, 5.41) is 8.74. The number of hydrogen-bond donors (Lipinski definition) is 1. The molecule has 1 N–H and O–H groups in total. The molecule has 0 heterocycles. The molecule has 0 spiro atoms. The summed E-state index contributed by atoms with van der Waals surface area (Å²) < 4.78 is 13.1. The van der Waals surface area contributed by atoms with Gasteiger partial charge in [0.25, 0.3) is 0 Å². The first-order chi connectivity index (χ1) is 7.00. The number of halogens is 2. The second-order valence-corrected chi connectivity index (χ2v) is 3.37. The lowest BCUT2D eigenvalue weighted by molar-refractivity contribution is -0.137. The van der Waals surface area contributed by atoms with Gasteiger partial charge in [0.05, 0.1) is 6.42 Å². The van der Waals surface area contributed by atoms with Gasteiger partial charge in [0.1, 0.15) is 0 Å². The number of hydrogen-bond acceptors (Lipinski definition) is 2. The van der Waals surface area contributed by atoms with Gasteiger partial charge in [-0.15, -0.1) is 0 Å². The van der Waals surface area contributed by atoms with Crippen LogP contribution in [0.15, 0.2) is 24.3 Å². The van der Waals surface area contributed by atoms with Crippen molar-refractivity contribution < 1.29 is 19.1 Å². The van der Waals surface area contributed by atoms with Crippen LogP contribution in [0.5, 0.6) is 0 Å². The number of carbonyl (C=O) groups excluding carboxylic acids is 1. The van der Waals surface area contributed by atoms with Gasteiger partial charge in [-0.1, -0.05) is 11.6 Å². The zero-order chi connectivity index (χ0) is 11.4. The minimum absolute atomic E-state index is 0.119. The molecule has 0 aromatic heterocycles. The van der Waals surface area contributed by atoms with E-state index < -0.39 is 24.3 Å². The zero-order valence-electron chi connectivity index (χ0n) is 7.61. The molecule has 0 aliphatic carbocycles. The molecule has 1 atom stereocenters. The summed E-state index contributed by atoms with van der Waals surface area (Å²) >= 11 is 5.58. The van der Waals surface area contributed by atoms with Gasteiger partial charge < -0.3 is 5.11 Å². The molecule has 0 saturated carbocycles. The standard InChI is InChI=1S/C10H8ClFO3/c11-7-3-1-6(2-4-7)10(15)8(12)5-9(13)14/h1-4,8H,5H2,(H,13,14). The van der Waals surface area contributed by atoms with E-state index in [-0.39, 0.29) is 5.56 Å². The maximum absolute atomic E-state index is 13.1. The molecule has 5 heteroatoms. The fourth-order valence-electron chi connectivity index (χ4n) is 1.04. The van der Waals surface area contributed by atoms with Crippen LogP contribution in [0.3, 0.4) is 0 Å². The molecule has 0 radical (unpaired) electrons. The maximum Gasteiger partial charge on any atom is 0.306 e. The number of carboxylic acids is 1. The van der Waals surface area contributed by atoms with Crippen LogP contribution in [-0.2, 0) is 4.79 Å². The average Bonchev–Trinajstić information content (AvgIpc) is 2.17. The predicted molar refractivity (Wildman–Crippen MR) is 52.9 cm³/mol. The first-order valence-corrected chi connectivity index (χ1v) is 4.54. The van der Waals surface area contributed by atoms with Gasteiger partial charge in [-0.25, -0.2) is 4.39 Å². The number of aliphatic carboxylic acids is 1. The van der Waals surface area contributed by atoms with E-state index in [0.717, 1.165) is 0 Å². The van der Waals surface area contributed by atoms with Gasteiger partial charge in [-0.3, -0.25) is 9.59 Å². The van der Waals surface area contributed by atoms with Gasteiger partial charge >= 0.3 is 5.97 Å². The number of benzene rings is 1. The van der Waals surface area contributed by atoms with E-state index in [1.165, 1.54) is 24.3 Å². The van der Waals surface area contributed by atoms with Crippen LogP contribution >= 0.6 is 11.6 Å². The molecule has 1 rings (SSSR count). The van der Waals surface area contributed by atoms with E-state index >= 15 is 0 Å². The van der Waals surface area contributed by atoms with Crippen molar-refractivity contribution in [2.45, 2.75) is 12.6 Å². The Labute approximate surface area is 90.5 Å². The van der Waals surface area contributed by atoms with Crippen molar-refractivity contribution in [1.29, 1.82) is 0 Å². The summed E-state index contributed by atoms with van der Waals surface area (Å²) in [6, 6.07) is 5.61. The number of alkyl halides is 1. The third-order valence-electron chi connectivity index (χ3n) is 1.77. The highest BCUT2D eigenvalue weighted by Crippen LogP contribution is 2.13. The van der Waals surface area contributed by atoms with E-state index in [2.05, 4.69) is 0 Å². The van der Waals surface area contributed by atoms with Crippen molar-refractivity contribution in [3.8, 4) is 0 Å². The summed E-state index contributed by atoms with van der Waals surface area (Å²) in [6.45, 7) is 0. The predicted octanol–water partition coefficient (Wildman–Crippen LogP) is 2.34. The highest BCUT2D eigenvalue weighted by molar-refractivity contribution is 6.30. The van der Waals surface area contributed by atoms with Crippen molar-refractivity contribution >= 4 is 23.4 Å². The maximum atomic E-state index is 13.1. The Bertz CT molecular complexity index is 375. The summed E-state index contributed by atoms with van der Waals surface area (Å²) in [4.78, 5) is 21.5. The lowest BCUT2D eigenvalue weighted by atomic mass is 10.1. The van der Waals surface area contributed by atoms with Gasteiger partial charge in [0.2, 0.25) is 0 Å². The molecule has 3 nitrogen and oxygen atoms in total. The number of Topliss-reactive ketones (excluding diaryl/α,β-unsaturated/α-hetero) is 1. The van der Waals surface area contributed by atoms with Crippen LogP contribution in [0.25, 0.3) is 0 Å². The fraction of sp³-hybridized carbons (Fsp3) is 0.200. The van der Waals surface area contributed by atoms with Crippen molar-refractivity contribution in [2.75, 3.05) is 0 Å². The van der Waals surface area contributed by atoms with Crippen LogP contribution in [0.1, 0.15) is 16.8 Å². The van der Waals surface area contributed by atoms with Gasteiger partial charge in [-0.2, -0.15) is 0 Å². The Morgan fingerprint density at radius 2 is 1.87 bits per heavy atom. The lowest BCUT2D eigenvalue weighted by Crippen LogP contribution is -2.19. The summed E-state index contributed by atoms with van der Waals surface area (Å²) in [6.07, 6.45) is -2.83. The molecule has 1 unspecified atom stereocenters. The van der Waals surface area contributed by atoms with E-state index in [1.807, 2.05) is 0 Å². The second-order valence-electron chi connectivity index (χ2n) is 2.94.